The molecule has 0 unspecified atom stereocenters. The fourth-order valence-corrected chi connectivity index (χ4v) is 2.59. The first kappa shape index (κ1) is 13.7. The highest BCUT2D eigenvalue weighted by Crippen LogP contribution is 2.32. The molecule has 100 valence electrons. The fourth-order valence-electron chi connectivity index (χ4n) is 2.59. The van der Waals surface area contributed by atoms with E-state index in [1.165, 1.54) is 32.1 Å². The molecule has 1 nitrogen and oxygen atoms in total. The van der Waals surface area contributed by atoms with Crippen LogP contribution in [0.5, 0.6) is 5.75 Å². The minimum Gasteiger partial charge on any atom is -0.508 e. The molecule has 1 aliphatic carbocycles. The Bertz CT molecular complexity index is 444. The quantitative estimate of drug-likeness (QED) is 0.748. The smallest absolute Gasteiger partial charge is 0.115 e. The molecule has 1 saturated carbocycles. The standard InChI is InChI=1S/C12H16.C6H6O/c1-3-7-11(8-4-1)12-9-5-2-6-10-12;7-6-4-2-1-3-5-6/h1,3-4,7-8,12H,2,5-6,9-10H2;1-5,7H. The number of para-hydroxylation sites is 1. The summed E-state index contributed by atoms with van der Waals surface area (Å²) in [5.41, 5.74) is 1.55. The van der Waals surface area contributed by atoms with Crippen LogP contribution < -0.4 is 0 Å². The van der Waals surface area contributed by atoms with Gasteiger partial charge in [0.1, 0.15) is 5.75 Å². The van der Waals surface area contributed by atoms with Crippen LogP contribution in [-0.2, 0) is 0 Å². The minimum atomic E-state index is 0.322. The van der Waals surface area contributed by atoms with Crippen molar-refractivity contribution in [2.75, 3.05) is 0 Å². The van der Waals surface area contributed by atoms with Crippen molar-refractivity contribution >= 4 is 0 Å². The maximum atomic E-state index is 8.63. The Morgan fingerprint density at radius 2 is 1.21 bits per heavy atom. The Kier molecular flexibility index (Phi) is 5.49. The number of benzene rings is 2. The molecule has 1 aliphatic rings. The Hall–Kier alpha value is -1.76. The van der Waals surface area contributed by atoms with Gasteiger partial charge < -0.3 is 5.11 Å². The van der Waals surface area contributed by atoms with Crippen LogP contribution in [0.25, 0.3) is 0 Å². The monoisotopic (exact) mass is 254 g/mol. The molecule has 0 radical (unpaired) electrons. The first-order chi connectivity index (χ1) is 9.36. The molecule has 1 heteroatoms. The van der Waals surface area contributed by atoms with Crippen LogP contribution in [-0.4, -0.2) is 5.11 Å². The van der Waals surface area contributed by atoms with Crippen molar-refractivity contribution in [1.29, 1.82) is 0 Å². The molecule has 0 aliphatic heterocycles. The van der Waals surface area contributed by atoms with E-state index < -0.39 is 0 Å². The van der Waals surface area contributed by atoms with Crippen LogP contribution in [0, 0.1) is 0 Å². The lowest BCUT2D eigenvalue weighted by Gasteiger charge is -2.21. The Morgan fingerprint density at radius 1 is 0.684 bits per heavy atom. The first-order valence-electron chi connectivity index (χ1n) is 7.15. The highest BCUT2D eigenvalue weighted by molar-refractivity contribution is 5.19. The zero-order valence-corrected chi connectivity index (χ0v) is 11.3. The van der Waals surface area contributed by atoms with E-state index in [0.717, 1.165) is 5.92 Å². The van der Waals surface area contributed by atoms with E-state index >= 15 is 0 Å². The van der Waals surface area contributed by atoms with Crippen LogP contribution in [0.15, 0.2) is 60.7 Å². The summed E-state index contributed by atoms with van der Waals surface area (Å²) in [7, 11) is 0. The molecule has 0 atom stereocenters. The second-order valence-corrected chi connectivity index (χ2v) is 5.08. The normalized spacial score (nSPS) is 15.4. The van der Waals surface area contributed by atoms with Gasteiger partial charge in [-0.25, -0.2) is 0 Å². The molecule has 2 aromatic carbocycles. The lowest BCUT2D eigenvalue weighted by Crippen LogP contribution is -2.03. The summed E-state index contributed by atoms with van der Waals surface area (Å²) < 4.78 is 0. The van der Waals surface area contributed by atoms with Crippen LogP contribution in [0.2, 0.25) is 0 Å². The summed E-state index contributed by atoms with van der Waals surface area (Å²) in [6.45, 7) is 0. The van der Waals surface area contributed by atoms with Crippen molar-refractivity contribution in [2.45, 2.75) is 38.0 Å². The SMILES string of the molecule is Oc1ccccc1.c1ccc(C2CCCCC2)cc1. The van der Waals surface area contributed by atoms with Gasteiger partial charge in [-0.05, 0) is 36.5 Å². The van der Waals surface area contributed by atoms with Gasteiger partial charge in [0.15, 0.2) is 0 Å². The van der Waals surface area contributed by atoms with Crippen LogP contribution in [0.4, 0.5) is 0 Å². The van der Waals surface area contributed by atoms with Gasteiger partial charge in [0.2, 0.25) is 0 Å². The van der Waals surface area contributed by atoms with E-state index in [4.69, 9.17) is 5.11 Å². The topological polar surface area (TPSA) is 20.2 Å². The van der Waals surface area contributed by atoms with Crippen molar-refractivity contribution in [3.8, 4) is 5.75 Å². The zero-order chi connectivity index (χ0) is 13.3. The summed E-state index contributed by atoms with van der Waals surface area (Å²) in [6.07, 6.45) is 7.12. The average molecular weight is 254 g/mol. The van der Waals surface area contributed by atoms with Crippen LogP contribution in [0.1, 0.15) is 43.6 Å². The highest BCUT2D eigenvalue weighted by Gasteiger charge is 2.14. The Morgan fingerprint density at radius 3 is 1.68 bits per heavy atom. The van der Waals surface area contributed by atoms with Gasteiger partial charge >= 0.3 is 0 Å². The largest absolute Gasteiger partial charge is 0.508 e. The lowest BCUT2D eigenvalue weighted by molar-refractivity contribution is 0.443. The number of hydrogen-bond acceptors (Lipinski definition) is 1. The van der Waals surface area contributed by atoms with E-state index in [1.807, 2.05) is 6.07 Å². The Labute approximate surface area is 115 Å². The van der Waals surface area contributed by atoms with Crippen LogP contribution in [0.3, 0.4) is 0 Å². The van der Waals surface area contributed by atoms with E-state index in [1.54, 1.807) is 29.8 Å². The van der Waals surface area contributed by atoms with E-state index in [0.29, 0.717) is 5.75 Å². The number of hydrogen-bond donors (Lipinski definition) is 1. The molecule has 0 amide bonds. The summed E-state index contributed by atoms with van der Waals surface area (Å²) in [4.78, 5) is 0. The number of phenolic OH excluding ortho intramolecular Hbond substituents is 1. The summed E-state index contributed by atoms with van der Waals surface area (Å²) in [5, 5.41) is 8.63. The van der Waals surface area contributed by atoms with E-state index in [9.17, 15) is 0 Å². The van der Waals surface area contributed by atoms with Gasteiger partial charge in [-0.2, -0.15) is 0 Å². The molecule has 1 fully saturated rings. The second kappa shape index (κ2) is 7.63. The average Bonchev–Trinajstić information content (AvgIpc) is 2.51. The summed E-state index contributed by atoms with van der Waals surface area (Å²) in [6, 6.07) is 19.7. The fraction of sp³-hybridized carbons (Fsp3) is 0.333. The molecule has 0 bridgehead atoms. The molecule has 0 aromatic heterocycles. The molecule has 0 spiro atoms. The summed E-state index contributed by atoms with van der Waals surface area (Å²) >= 11 is 0. The van der Waals surface area contributed by atoms with Crippen molar-refractivity contribution in [1.82, 2.24) is 0 Å². The third-order valence-electron chi connectivity index (χ3n) is 3.63. The molecule has 0 saturated heterocycles. The minimum absolute atomic E-state index is 0.322. The van der Waals surface area contributed by atoms with Gasteiger partial charge in [0, 0.05) is 0 Å². The van der Waals surface area contributed by atoms with E-state index in [-0.39, 0.29) is 0 Å². The van der Waals surface area contributed by atoms with Gasteiger partial charge in [0.05, 0.1) is 0 Å². The third-order valence-corrected chi connectivity index (χ3v) is 3.63. The summed E-state index contributed by atoms with van der Waals surface area (Å²) in [5.74, 6) is 1.18. The van der Waals surface area contributed by atoms with Crippen molar-refractivity contribution < 1.29 is 5.11 Å². The third kappa shape index (κ3) is 4.78. The van der Waals surface area contributed by atoms with Gasteiger partial charge in [-0.1, -0.05) is 67.8 Å². The van der Waals surface area contributed by atoms with Crippen molar-refractivity contribution in [3.63, 3.8) is 0 Å². The molecule has 19 heavy (non-hydrogen) atoms. The maximum absolute atomic E-state index is 8.63. The lowest BCUT2D eigenvalue weighted by atomic mass is 9.84. The zero-order valence-electron chi connectivity index (χ0n) is 11.3. The first-order valence-corrected chi connectivity index (χ1v) is 7.15. The number of rotatable bonds is 1. The van der Waals surface area contributed by atoms with Gasteiger partial charge in [0.25, 0.3) is 0 Å². The Balaban J connectivity index is 0.000000163. The molecular formula is C18H22O. The second-order valence-electron chi connectivity index (χ2n) is 5.08. The molecule has 1 N–H and O–H groups in total. The predicted molar refractivity (Wildman–Crippen MR) is 80.4 cm³/mol. The number of aromatic hydroxyl groups is 1. The highest BCUT2D eigenvalue weighted by atomic mass is 16.3. The van der Waals surface area contributed by atoms with Crippen molar-refractivity contribution in [3.05, 3.63) is 66.2 Å². The van der Waals surface area contributed by atoms with Gasteiger partial charge in [-0.15, -0.1) is 0 Å². The van der Waals surface area contributed by atoms with Crippen molar-refractivity contribution in [2.24, 2.45) is 0 Å². The van der Waals surface area contributed by atoms with Crippen LogP contribution >= 0.6 is 0 Å². The molecule has 3 rings (SSSR count). The van der Waals surface area contributed by atoms with E-state index in [2.05, 4.69) is 30.3 Å². The molecular weight excluding hydrogens is 232 g/mol. The number of phenols is 1. The maximum Gasteiger partial charge on any atom is 0.115 e. The predicted octanol–water partition coefficient (Wildman–Crippen LogP) is 5.13. The molecule has 2 aromatic rings. The molecule has 0 heterocycles. The van der Waals surface area contributed by atoms with Gasteiger partial charge in [-0.3, -0.25) is 0 Å².